The Hall–Kier alpha value is -1.01. The van der Waals surface area contributed by atoms with Crippen molar-refractivity contribution in [1.29, 1.82) is 0 Å². The normalized spacial score (nSPS) is 9.60. The molecule has 0 bridgehead atoms. The van der Waals surface area contributed by atoms with E-state index < -0.39 is 0 Å². The molecule has 0 spiro atoms. The van der Waals surface area contributed by atoms with E-state index in [4.69, 9.17) is 0 Å². The lowest BCUT2D eigenvalue weighted by Gasteiger charge is -2.13. The highest BCUT2D eigenvalue weighted by Crippen LogP contribution is 1.85. The Morgan fingerprint density at radius 1 is 1.20 bits per heavy atom. The molecule has 0 unspecified atom stereocenters. The topological polar surface area (TPSA) is 32.3 Å². The van der Waals surface area contributed by atoms with Crippen molar-refractivity contribution in [1.82, 2.24) is 10.2 Å². The third-order valence-electron chi connectivity index (χ3n) is 2.17. The second kappa shape index (κ2) is 9.54. The zero-order valence-corrected chi connectivity index (χ0v) is 10.1. The SMILES string of the molecule is CCCC(=O)NCC#CCN(CC)CC. The van der Waals surface area contributed by atoms with Crippen LogP contribution in [0, 0.1) is 11.8 Å². The highest BCUT2D eigenvalue weighted by Gasteiger charge is 1.95. The van der Waals surface area contributed by atoms with Crippen LogP contribution in [0.15, 0.2) is 0 Å². The standard InChI is InChI=1S/C12H22N2O/c1-4-9-12(15)13-10-7-8-11-14(5-2)6-3/h4-6,9-11H2,1-3H3,(H,13,15). The van der Waals surface area contributed by atoms with Gasteiger partial charge < -0.3 is 5.32 Å². The Kier molecular flexibility index (Phi) is 8.90. The van der Waals surface area contributed by atoms with Crippen LogP contribution in [-0.4, -0.2) is 37.0 Å². The zero-order chi connectivity index (χ0) is 11.5. The molecule has 0 aromatic carbocycles. The Balaban J connectivity index is 3.58. The fraction of sp³-hybridized carbons (Fsp3) is 0.750. The molecule has 0 radical (unpaired) electrons. The van der Waals surface area contributed by atoms with Gasteiger partial charge in [0.2, 0.25) is 5.91 Å². The summed E-state index contributed by atoms with van der Waals surface area (Å²) in [6.45, 7) is 9.53. The van der Waals surface area contributed by atoms with Crippen molar-refractivity contribution >= 4 is 5.91 Å². The Morgan fingerprint density at radius 2 is 1.87 bits per heavy atom. The highest BCUT2D eigenvalue weighted by molar-refractivity contribution is 5.76. The monoisotopic (exact) mass is 210 g/mol. The number of nitrogens with zero attached hydrogens (tertiary/aromatic N) is 1. The van der Waals surface area contributed by atoms with Crippen molar-refractivity contribution in [2.45, 2.75) is 33.6 Å². The average Bonchev–Trinajstić information content (AvgIpc) is 2.24. The second-order valence-electron chi connectivity index (χ2n) is 3.34. The largest absolute Gasteiger partial charge is 0.345 e. The summed E-state index contributed by atoms with van der Waals surface area (Å²) in [5.41, 5.74) is 0. The van der Waals surface area contributed by atoms with E-state index in [1.54, 1.807) is 0 Å². The summed E-state index contributed by atoms with van der Waals surface area (Å²) in [6, 6.07) is 0. The van der Waals surface area contributed by atoms with Crippen LogP contribution in [0.3, 0.4) is 0 Å². The van der Waals surface area contributed by atoms with Gasteiger partial charge in [0, 0.05) is 6.42 Å². The summed E-state index contributed by atoms with van der Waals surface area (Å²) in [7, 11) is 0. The molecule has 0 saturated heterocycles. The van der Waals surface area contributed by atoms with Crippen LogP contribution in [0.1, 0.15) is 33.6 Å². The van der Waals surface area contributed by atoms with Crippen LogP contribution >= 0.6 is 0 Å². The Bertz CT molecular complexity index is 224. The molecule has 1 amide bonds. The lowest BCUT2D eigenvalue weighted by molar-refractivity contribution is -0.120. The van der Waals surface area contributed by atoms with Crippen molar-refractivity contribution < 1.29 is 4.79 Å². The Morgan fingerprint density at radius 3 is 2.40 bits per heavy atom. The number of hydrogen-bond acceptors (Lipinski definition) is 2. The minimum absolute atomic E-state index is 0.0923. The number of hydrogen-bond donors (Lipinski definition) is 1. The number of carbonyl (C=O) groups excluding carboxylic acids is 1. The molecule has 0 atom stereocenters. The predicted octanol–water partition coefficient (Wildman–Crippen LogP) is 1.25. The minimum atomic E-state index is 0.0923. The van der Waals surface area contributed by atoms with Crippen LogP contribution in [0.4, 0.5) is 0 Å². The number of carbonyl (C=O) groups is 1. The molecule has 0 aliphatic carbocycles. The number of rotatable bonds is 6. The third-order valence-corrected chi connectivity index (χ3v) is 2.17. The average molecular weight is 210 g/mol. The molecule has 1 N–H and O–H groups in total. The van der Waals surface area contributed by atoms with Gasteiger partial charge in [-0.15, -0.1) is 0 Å². The molecule has 3 nitrogen and oxygen atoms in total. The van der Waals surface area contributed by atoms with Gasteiger partial charge in [-0.3, -0.25) is 9.69 Å². The summed E-state index contributed by atoms with van der Waals surface area (Å²) >= 11 is 0. The molecule has 0 aromatic heterocycles. The van der Waals surface area contributed by atoms with E-state index in [-0.39, 0.29) is 5.91 Å². The van der Waals surface area contributed by atoms with Crippen molar-refractivity contribution in [2.75, 3.05) is 26.2 Å². The van der Waals surface area contributed by atoms with Crippen molar-refractivity contribution in [3.05, 3.63) is 0 Å². The zero-order valence-electron chi connectivity index (χ0n) is 10.1. The van der Waals surface area contributed by atoms with Gasteiger partial charge in [-0.25, -0.2) is 0 Å². The van der Waals surface area contributed by atoms with Crippen LogP contribution in [0.2, 0.25) is 0 Å². The fourth-order valence-electron chi connectivity index (χ4n) is 1.14. The lowest BCUT2D eigenvalue weighted by Crippen LogP contribution is -2.24. The van der Waals surface area contributed by atoms with E-state index in [0.717, 1.165) is 26.1 Å². The van der Waals surface area contributed by atoms with E-state index >= 15 is 0 Å². The van der Waals surface area contributed by atoms with Crippen molar-refractivity contribution in [2.24, 2.45) is 0 Å². The maximum absolute atomic E-state index is 11.1. The summed E-state index contributed by atoms with van der Waals surface area (Å²) < 4.78 is 0. The van der Waals surface area contributed by atoms with Crippen LogP contribution < -0.4 is 5.32 Å². The van der Waals surface area contributed by atoms with E-state index in [0.29, 0.717) is 13.0 Å². The fourth-order valence-corrected chi connectivity index (χ4v) is 1.14. The van der Waals surface area contributed by atoms with Gasteiger partial charge in [0.1, 0.15) is 0 Å². The first-order valence-corrected chi connectivity index (χ1v) is 5.69. The van der Waals surface area contributed by atoms with Gasteiger partial charge in [0.05, 0.1) is 13.1 Å². The minimum Gasteiger partial charge on any atom is -0.345 e. The molecule has 3 heteroatoms. The van der Waals surface area contributed by atoms with Crippen LogP contribution in [0.25, 0.3) is 0 Å². The van der Waals surface area contributed by atoms with E-state index in [9.17, 15) is 4.79 Å². The molecule has 0 aliphatic heterocycles. The second-order valence-corrected chi connectivity index (χ2v) is 3.34. The lowest BCUT2D eigenvalue weighted by atomic mass is 10.3. The molecular weight excluding hydrogens is 188 g/mol. The summed E-state index contributed by atoms with van der Waals surface area (Å²) in [4.78, 5) is 13.3. The van der Waals surface area contributed by atoms with Crippen LogP contribution in [0.5, 0.6) is 0 Å². The van der Waals surface area contributed by atoms with Gasteiger partial charge >= 0.3 is 0 Å². The maximum Gasteiger partial charge on any atom is 0.220 e. The molecular formula is C12H22N2O. The Labute approximate surface area is 93.2 Å². The van der Waals surface area contributed by atoms with Crippen molar-refractivity contribution in [3.63, 3.8) is 0 Å². The quantitative estimate of drug-likeness (QED) is 0.669. The molecule has 0 saturated carbocycles. The van der Waals surface area contributed by atoms with E-state index in [1.807, 2.05) is 6.92 Å². The molecule has 0 rings (SSSR count). The molecule has 0 aromatic rings. The molecule has 0 heterocycles. The van der Waals surface area contributed by atoms with Gasteiger partial charge in [0.25, 0.3) is 0 Å². The van der Waals surface area contributed by atoms with Gasteiger partial charge in [0.15, 0.2) is 0 Å². The third kappa shape index (κ3) is 8.02. The summed E-state index contributed by atoms with van der Waals surface area (Å²) in [5.74, 6) is 6.09. The first-order valence-electron chi connectivity index (χ1n) is 5.69. The maximum atomic E-state index is 11.1. The highest BCUT2D eigenvalue weighted by atomic mass is 16.1. The first-order chi connectivity index (χ1) is 7.24. The first kappa shape index (κ1) is 14.0. The summed E-state index contributed by atoms with van der Waals surface area (Å²) in [6.07, 6.45) is 1.48. The molecule has 0 aliphatic rings. The van der Waals surface area contributed by atoms with Crippen LogP contribution in [-0.2, 0) is 4.79 Å². The predicted molar refractivity (Wildman–Crippen MR) is 63.5 cm³/mol. The van der Waals surface area contributed by atoms with Gasteiger partial charge in [-0.05, 0) is 19.5 Å². The van der Waals surface area contributed by atoms with Gasteiger partial charge in [-0.2, -0.15) is 0 Å². The molecule has 86 valence electrons. The molecule has 0 fully saturated rings. The number of nitrogens with one attached hydrogen (secondary N) is 1. The summed E-state index contributed by atoms with van der Waals surface area (Å²) in [5, 5.41) is 2.76. The van der Waals surface area contributed by atoms with Gasteiger partial charge in [-0.1, -0.05) is 32.6 Å². The van der Waals surface area contributed by atoms with E-state index in [2.05, 4.69) is 35.9 Å². The smallest absolute Gasteiger partial charge is 0.220 e. The van der Waals surface area contributed by atoms with E-state index in [1.165, 1.54) is 0 Å². The van der Waals surface area contributed by atoms with Crippen molar-refractivity contribution in [3.8, 4) is 11.8 Å². The number of amides is 1. The molecule has 15 heavy (non-hydrogen) atoms.